The number of aromatic hydroxyl groups is 1. The molecule has 0 saturated carbocycles. The fourth-order valence-electron chi connectivity index (χ4n) is 2.16. The molecule has 0 bridgehead atoms. The molecule has 0 fully saturated rings. The van der Waals surface area contributed by atoms with Crippen LogP contribution in [0.2, 0.25) is 0 Å². The molecule has 1 aromatic carbocycles. The lowest BCUT2D eigenvalue weighted by Crippen LogP contribution is -2.27. The van der Waals surface area contributed by atoms with Gasteiger partial charge in [-0.3, -0.25) is 5.32 Å². The van der Waals surface area contributed by atoms with Crippen LogP contribution >= 0.6 is 0 Å². The fourth-order valence-corrected chi connectivity index (χ4v) is 2.16. The molecular weight excluding hydrogens is 186 g/mol. The van der Waals surface area contributed by atoms with Crippen LogP contribution in [0.3, 0.4) is 0 Å². The van der Waals surface area contributed by atoms with Crippen LogP contribution in [0.25, 0.3) is 0 Å². The summed E-state index contributed by atoms with van der Waals surface area (Å²) in [5.74, 6) is 3.07. The fraction of sp³-hybridized carbons (Fsp3) is 0.385. The van der Waals surface area contributed by atoms with Crippen molar-refractivity contribution in [1.29, 1.82) is 0 Å². The summed E-state index contributed by atoms with van der Waals surface area (Å²) in [5.41, 5.74) is 2.26. The Bertz CT molecular complexity index is 405. The molecule has 0 amide bonds. The maximum Gasteiger partial charge on any atom is 0.119 e. The van der Waals surface area contributed by atoms with Gasteiger partial charge in [0.15, 0.2) is 0 Å². The standard InChI is InChI=1S/C13H15NO/c1-3-9(2)14-12-8-7-11-10(12)5-4-6-13(11)15/h1,4-6,9,12,14-15H,7-8H2,2H3. The zero-order valence-corrected chi connectivity index (χ0v) is 8.83. The third-order valence-electron chi connectivity index (χ3n) is 2.95. The smallest absolute Gasteiger partial charge is 0.119 e. The third kappa shape index (κ3) is 1.84. The summed E-state index contributed by atoms with van der Waals surface area (Å²) in [6, 6.07) is 6.05. The largest absolute Gasteiger partial charge is 0.508 e. The number of hydrogen-bond acceptors (Lipinski definition) is 2. The minimum atomic E-state index is 0.0725. The molecule has 2 nitrogen and oxygen atoms in total. The second-order valence-corrected chi connectivity index (χ2v) is 3.99. The van der Waals surface area contributed by atoms with Crippen molar-refractivity contribution in [1.82, 2.24) is 5.32 Å². The summed E-state index contributed by atoms with van der Waals surface area (Å²) in [6.07, 6.45) is 7.28. The SMILES string of the molecule is C#CC(C)NC1CCc2c(O)cccc21. The van der Waals surface area contributed by atoms with E-state index in [2.05, 4.69) is 17.3 Å². The van der Waals surface area contributed by atoms with Crippen molar-refractivity contribution in [2.45, 2.75) is 31.8 Å². The molecule has 0 saturated heterocycles. The molecule has 2 unspecified atom stereocenters. The van der Waals surface area contributed by atoms with Crippen molar-refractivity contribution in [3.8, 4) is 18.1 Å². The van der Waals surface area contributed by atoms with Crippen molar-refractivity contribution < 1.29 is 5.11 Å². The lowest BCUT2D eigenvalue weighted by Gasteiger charge is -2.16. The Morgan fingerprint density at radius 2 is 2.40 bits per heavy atom. The Hall–Kier alpha value is -1.46. The number of nitrogens with one attached hydrogen (secondary N) is 1. The highest BCUT2D eigenvalue weighted by atomic mass is 16.3. The topological polar surface area (TPSA) is 32.3 Å². The van der Waals surface area contributed by atoms with Gasteiger partial charge in [0.05, 0.1) is 6.04 Å². The van der Waals surface area contributed by atoms with Gasteiger partial charge in [0.2, 0.25) is 0 Å². The first-order valence-electron chi connectivity index (χ1n) is 5.25. The zero-order chi connectivity index (χ0) is 10.8. The Labute approximate surface area is 90.3 Å². The zero-order valence-electron chi connectivity index (χ0n) is 8.83. The van der Waals surface area contributed by atoms with E-state index in [9.17, 15) is 5.11 Å². The minimum absolute atomic E-state index is 0.0725. The van der Waals surface area contributed by atoms with Crippen LogP contribution < -0.4 is 5.32 Å². The van der Waals surface area contributed by atoms with E-state index >= 15 is 0 Å². The van der Waals surface area contributed by atoms with Crippen molar-refractivity contribution in [2.75, 3.05) is 0 Å². The third-order valence-corrected chi connectivity index (χ3v) is 2.95. The lowest BCUT2D eigenvalue weighted by molar-refractivity contribution is 0.469. The summed E-state index contributed by atoms with van der Waals surface area (Å²) in [5, 5.41) is 13.0. The van der Waals surface area contributed by atoms with E-state index in [-0.39, 0.29) is 12.1 Å². The minimum Gasteiger partial charge on any atom is -0.508 e. The summed E-state index contributed by atoms with van der Waals surface area (Å²) < 4.78 is 0. The van der Waals surface area contributed by atoms with E-state index in [0.717, 1.165) is 18.4 Å². The Balaban J connectivity index is 2.22. The van der Waals surface area contributed by atoms with E-state index < -0.39 is 0 Å². The van der Waals surface area contributed by atoms with Crippen molar-refractivity contribution in [2.24, 2.45) is 0 Å². The molecule has 2 rings (SSSR count). The van der Waals surface area contributed by atoms with Crippen LogP contribution in [-0.4, -0.2) is 11.1 Å². The maximum absolute atomic E-state index is 9.67. The first-order valence-corrected chi connectivity index (χ1v) is 5.25. The highest BCUT2D eigenvalue weighted by molar-refractivity contribution is 5.44. The van der Waals surface area contributed by atoms with Gasteiger partial charge < -0.3 is 5.11 Å². The Morgan fingerprint density at radius 3 is 3.13 bits per heavy atom. The Morgan fingerprint density at radius 1 is 1.60 bits per heavy atom. The average Bonchev–Trinajstić information content (AvgIpc) is 2.63. The molecule has 15 heavy (non-hydrogen) atoms. The van der Waals surface area contributed by atoms with Gasteiger partial charge in [0.25, 0.3) is 0 Å². The van der Waals surface area contributed by atoms with Gasteiger partial charge in [0, 0.05) is 6.04 Å². The summed E-state index contributed by atoms with van der Waals surface area (Å²) >= 11 is 0. The van der Waals surface area contributed by atoms with Crippen LogP contribution in [0.5, 0.6) is 5.75 Å². The monoisotopic (exact) mass is 201 g/mol. The second kappa shape index (κ2) is 3.96. The van der Waals surface area contributed by atoms with Crippen LogP contribution in [0.4, 0.5) is 0 Å². The molecular formula is C13H15NO. The molecule has 0 heterocycles. The summed E-state index contributed by atoms with van der Waals surface area (Å²) in [7, 11) is 0. The van der Waals surface area contributed by atoms with E-state index in [4.69, 9.17) is 6.42 Å². The molecule has 0 spiro atoms. The molecule has 1 aromatic rings. The van der Waals surface area contributed by atoms with Crippen molar-refractivity contribution in [3.05, 3.63) is 29.3 Å². The van der Waals surface area contributed by atoms with Gasteiger partial charge in [-0.2, -0.15) is 0 Å². The second-order valence-electron chi connectivity index (χ2n) is 3.99. The number of benzene rings is 1. The number of phenols is 1. The average molecular weight is 201 g/mol. The predicted octanol–water partition coefficient (Wildman–Crippen LogP) is 1.99. The van der Waals surface area contributed by atoms with Crippen LogP contribution in [0.1, 0.15) is 30.5 Å². The van der Waals surface area contributed by atoms with Gasteiger partial charge in [-0.1, -0.05) is 18.1 Å². The van der Waals surface area contributed by atoms with Crippen LogP contribution in [0.15, 0.2) is 18.2 Å². The maximum atomic E-state index is 9.67. The van der Waals surface area contributed by atoms with Gasteiger partial charge in [0.1, 0.15) is 5.75 Å². The number of phenolic OH excluding ortho intramolecular Hbond substituents is 1. The molecule has 2 N–H and O–H groups in total. The summed E-state index contributed by atoms with van der Waals surface area (Å²) in [4.78, 5) is 0. The van der Waals surface area contributed by atoms with E-state index in [1.54, 1.807) is 6.07 Å². The number of hydrogen-bond donors (Lipinski definition) is 2. The quantitative estimate of drug-likeness (QED) is 0.717. The molecule has 2 atom stereocenters. The van der Waals surface area contributed by atoms with E-state index in [1.165, 1.54) is 5.56 Å². The van der Waals surface area contributed by atoms with Crippen LogP contribution in [-0.2, 0) is 6.42 Å². The summed E-state index contributed by atoms with van der Waals surface area (Å²) in [6.45, 7) is 1.97. The van der Waals surface area contributed by atoms with Crippen LogP contribution in [0, 0.1) is 12.3 Å². The molecule has 1 aliphatic rings. The number of fused-ring (bicyclic) bond motifs is 1. The van der Waals surface area contributed by atoms with Gasteiger partial charge in [-0.25, -0.2) is 0 Å². The molecule has 1 aliphatic carbocycles. The molecule has 2 heteroatoms. The van der Waals surface area contributed by atoms with Gasteiger partial charge >= 0.3 is 0 Å². The predicted molar refractivity (Wildman–Crippen MR) is 60.6 cm³/mol. The highest BCUT2D eigenvalue weighted by Gasteiger charge is 2.24. The number of terminal acetylenes is 1. The number of rotatable bonds is 2. The van der Waals surface area contributed by atoms with E-state index in [1.807, 2.05) is 13.0 Å². The molecule has 0 aliphatic heterocycles. The first kappa shape index (κ1) is 10.1. The normalized spacial score (nSPS) is 20.7. The van der Waals surface area contributed by atoms with E-state index in [0.29, 0.717) is 5.75 Å². The lowest BCUT2D eigenvalue weighted by atomic mass is 10.1. The molecule has 78 valence electrons. The van der Waals surface area contributed by atoms with Crippen molar-refractivity contribution >= 4 is 0 Å². The molecule has 0 radical (unpaired) electrons. The first-order chi connectivity index (χ1) is 7.22. The van der Waals surface area contributed by atoms with Gasteiger partial charge in [-0.05, 0) is 37.0 Å². The van der Waals surface area contributed by atoms with Crippen molar-refractivity contribution in [3.63, 3.8) is 0 Å². The van der Waals surface area contributed by atoms with Gasteiger partial charge in [-0.15, -0.1) is 6.42 Å². The highest BCUT2D eigenvalue weighted by Crippen LogP contribution is 2.36. The Kier molecular flexibility index (Phi) is 2.66. The molecule has 0 aromatic heterocycles.